The van der Waals surface area contributed by atoms with Crippen LogP contribution in [0, 0.1) is 5.41 Å². The summed E-state index contributed by atoms with van der Waals surface area (Å²) in [6.45, 7) is 0.673. The molecular weight excluding hydrogens is 334 g/mol. The van der Waals surface area contributed by atoms with Crippen LogP contribution in [0.4, 0.5) is 0 Å². The van der Waals surface area contributed by atoms with Gasteiger partial charge in [-0.15, -0.1) is 0 Å². The van der Waals surface area contributed by atoms with E-state index in [-0.39, 0.29) is 18.4 Å². The second-order valence-corrected chi connectivity index (χ2v) is 7.93. The molecule has 4 nitrogen and oxygen atoms in total. The zero-order valence-electron chi connectivity index (χ0n) is 12.8. The second kappa shape index (κ2) is 6.73. The van der Waals surface area contributed by atoms with Gasteiger partial charge in [0.25, 0.3) is 0 Å². The van der Waals surface area contributed by atoms with E-state index in [1.54, 1.807) is 0 Å². The van der Waals surface area contributed by atoms with E-state index >= 15 is 0 Å². The van der Waals surface area contributed by atoms with Crippen molar-refractivity contribution >= 4 is 35.2 Å². The van der Waals surface area contributed by atoms with Crippen LogP contribution in [0.5, 0.6) is 0 Å². The van der Waals surface area contributed by atoms with Crippen LogP contribution < -0.4 is 0 Å². The number of hydrogen-bond acceptors (Lipinski definition) is 3. The number of carbonyl (C=O) groups excluding carboxylic acids is 1. The zero-order chi connectivity index (χ0) is 16.4. The van der Waals surface area contributed by atoms with Crippen LogP contribution in [-0.2, 0) is 9.59 Å². The second-order valence-electron chi connectivity index (χ2n) is 6.35. The summed E-state index contributed by atoms with van der Waals surface area (Å²) in [5.74, 6) is 0.877. The number of hydrogen-bond donors (Lipinski definition) is 1. The van der Waals surface area contributed by atoms with Crippen LogP contribution in [0.1, 0.15) is 37.3 Å². The van der Waals surface area contributed by atoms with Crippen molar-refractivity contribution in [3.63, 3.8) is 0 Å². The maximum absolute atomic E-state index is 12.8. The van der Waals surface area contributed by atoms with Crippen LogP contribution in [0.3, 0.4) is 0 Å². The van der Waals surface area contributed by atoms with Gasteiger partial charge in [0.2, 0.25) is 5.91 Å². The number of carboxylic acids is 1. The summed E-state index contributed by atoms with van der Waals surface area (Å²) in [5.41, 5.74) is 0.236. The molecule has 1 unspecified atom stereocenters. The Labute approximate surface area is 145 Å². The first kappa shape index (κ1) is 16.7. The van der Waals surface area contributed by atoms with Gasteiger partial charge in [0.05, 0.1) is 11.5 Å². The molecule has 1 atom stereocenters. The predicted octanol–water partition coefficient (Wildman–Crippen LogP) is 3.60. The molecule has 1 aromatic rings. The minimum absolute atomic E-state index is 0.00411. The summed E-state index contributed by atoms with van der Waals surface area (Å²) >= 11 is 7.77. The van der Waals surface area contributed by atoms with Gasteiger partial charge < -0.3 is 10.0 Å². The summed E-state index contributed by atoms with van der Waals surface area (Å²) < 4.78 is 0. The Morgan fingerprint density at radius 1 is 1.30 bits per heavy atom. The molecule has 0 bridgehead atoms. The zero-order valence-corrected chi connectivity index (χ0v) is 14.4. The molecule has 1 aliphatic carbocycles. The standard InChI is InChI=1S/C17H20ClNO3S/c18-13-4-2-12(3-5-13)14-11-23-9-8-19(14)15(20)10-17(16(21)22)6-1-7-17/h2-5,14H,1,6-11H2,(H,21,22). The topological polar surface area (TPSA) is 57.6 Å². The Hall–Kier alpha value is -1.20. The lowest BCUT2D eigenvalue weighted by molar-refractivity contribution is -0.160. The largest absolute Gasteiger partial charge is 0.481 e. The van der Waals surface area contributed by atoms with Crippen molar-refractivity contribution in [2.45, 2.75) is 31.7 Å². The van der Waals surface area contributed by atoms with E-state index in [9.17, 15) is 14.7 Å². The normalized spacial score (nSPS) is 23.2. The molecule has 0 radical (unpaired) electrons. The summed E-state index contributed by atoms with van der Waals surface area (Å²) in [7, 11) is 0. The van der Waals surface area contributed by atoms with Crippen molar-refractivity contribution in [3.8, 4) is 0 Å². The van der Waals surface area contributed by atoms with Gasteiger partial charge in [0.15, 0.2) is 0 Å². The van der Waals surface area contributed by atoms with Crippen LogP contribution in [0.2, 0.25) is 5.02 Å². The fourth-order valence-electron chi connectivity index (χ4n) is 3.32. The monoisotopic (exact) mass is 353 g/mol. The first-order valence-corrected chi connectivity index (χ1v) is 9.41. The Bertz CT molecular complexity index is 600. The van der Waals surface area contributed by atoms with Crippen molar-refractivity contribution in [3.05, 3.63) is 34.9 Å². The van der Waals surface area contributed by atoms with Crippen LogP contribution >= 0.6 is 23.4 Å². The molecule has 1 heterocycles. The SMILES string of the molecule is O=C(CC1(C(=O)O)CCC1)N1CCSCC1c1ccc(Cl)cc1. The lowest BCUT2D eigenvalue weighted by atomic mass is 9.66. The van der Waals surface area contributed by atoms with Gasteiger partial charge >= 0.3 is 5.97 Å². The summed E-state index contributed by atoms with van der Waals surface area (Å²) in [6.07, 6.45) is 2.25. The minimum Gasteiger partial charge on any atom is -0.481 e. The third-order valence-corrected chi connectivity index (χ3v) is 6.23. The number of halogens is 1. The van der Waals surface area contributed by atoms with Crippen molar-refractivity contribution < 1.29 is 14.7 Å². The van der Waals surface area contributed by atoms with Gasteiger partial charge in [-0.3, -0.25) is 9.59 Å². The smallest absolute Gasteiger partial charge is 0.310 e. The van der Waals surface area contributed by atoms with Crippen molar-refractivity contribution in [2.24, 2.45) is 5.41 Å². The molecule has 1 amide bonds. The summed E-state index contributed by atoms with van der Waals surface area (Å²) in [5, 5.41) is 10.1. The number of carboxylic acid groups (broad SMARTS) is 1. The molecule has 1 saturated heterocycles. The van der Waals surface area contributed by atoms with Crippen molar-refractivity contribution in [1.82, 2.24) is 4.90 Å². The quantitative estimate of drug-likeness (QED) is 0.898. The van der Waals surface area contributed by atoms with Crippen LogP contribution in [-0.4, -0.2) is 39.9 Å². The summed E-state index contributed by atoms with van der Waals surface area (Å²) in [6, 6.07) is 7.59. The molecule has 3 rings (SSSR count). The first-order valence-electron chi connectivity index (χ1n) is 7.88. The van der Waals surface area contributed by atoms with E-state index in [1.807, 2.05) is 40.9 Å². The van der Waals surface area contributed by atoms with E-state index in [1.165, 1.54) is 0 Å². The van der Waals surface area contributed by atoms with Gasteiger partial charge in [-0.05, 0) is 30.5 Å². The van der Waals surface area contributed by atoms with Crippen LogP contribution in [0.25, 0.3) is 0 Å². The molecule has 1 aromatic carbocycles. The fraction of sp³-hybridized carbons (Fsp3) is 0.529. The molecule has 0 spiro atoms. The van der Waals surface area contributed by atoms with E-state index in [0.29, 0.717) is 24.4 Å². The average molecular weight is 354 g/mol. The lowest BCUT2D eigenvalue weighted by Crippen LogP contribution is -2.47. The molecule has 124 valence electrons. The maximum Gasteiger partial charge on any atom is 0.310 e. The molecule has 0 aromatic heterocycles. The predicted molar refractivity (Wildman–Crippen MR) is 91.8 cm³/mol. The number of amides is 1. The molecule has 6 heteroatoms. The highest BCUT2D eigenvalue weighted by molar-refractivity contribution is 7.99. The molecule has 23 heavy (non-hydrogen) atoms. The number of rotatable bonds is 4. The Morgan fingerprint density at radius 3 is 2.57 bits per heavy atom. The number of thioether (sulfide) groups is 1. The van der Waals surface area contributed by atoms with Gasteiger partial charge in [-0.25, -0.2) is 0 Å². The maximum atomic E-state index is 12.8. The number of aliphatic carboxylic acids is 1. The third-order valence-electron chi connectivity index (χ3n) is 4.96. The Morgan fingerprint density at radius 2 is 2.00 bits per heavy atom. The van der Waals surface area contributed by atoms with Gasteiger partial charge in [-0.1, -0.05) is 30.2 Å². The van der Waals surface area contributed by atoms with E-state index in [2.05, 4.69) is 0 Å². The summed E-state index contributed by atoms with van der Waals surface area (Å²) in [4.78, 5) is 26.2. The van der Waals surface area contributed by atoms with E-state index in [4.69, 9.17) is 11.6 Å². The highest BCUT2D eigenvalue weighted by atomic mass is 35.5. The molecule has 1 aliphatic heterocycles. The van der Waals surface area contributed by atoms with E-state index < -0.39 is 11.4 Å². The first-order chi connectivity index (χ1) is 11.0. The average Bonchev–Trinajstić information content (AvgIpc) is 2.51. The number of benzene rings is 1. The number of nitrogens with zero attached hydrogens (tertiary/aromatic N) is 1. The Balaban J connectivity index is 1.77. The molecule has 2 aliphatic rings. The Kier molecular flexibility index (Phi) is 4.87. The minimum atomic E-state index is -0.827. The molecule has 1 N–H and O–H groups in total. The van der Waals surface area contributed by atoms with Gasteiger partial charge in [0.1, 0.15) is 0 Å². The van der Waals surface area contributed by atoms with Gasteiger partial charge in [0, 0.05) is 29.5 Å². The molecular formula is C17H20ClNO3S. The highest BCUT2D eigenvalue weighted by Crippen LogP contribution is 2.45. The number of carbonyl (C=O) groups is 2. The molecule has 1 saturated carbocycles. The van der Waals surface area contributed by atoms with E-state index in [0.717, 1.165) is 23.5 Å². The van der Waals surface area contributed by atoms with Crippen molar-refractivity contribution in [1.29, 1.82) is 0 Å². The van der Waals surface area contributed by atoms with Crippen LogP contribution in [0.15, 0.2) is 24.3 Å². The lowest BCUT2D eigenvalue weighted by Gasteiger charge is -2.41. The van der Waals surface area contributed by atoms with Crippen molar-refractivity contribution in [2.75, 3.05) is 18.1 Å². The fourth-order valence-corrected chi connectivity index (χ4v) is 4.54. The highest BCUT2D eigenvalue weighted by Gasteiger charge is 2.47. The third kappa shape index (κ3) is 3.36. The van der Waals surface area contributed by atoms with Gasteiger partial charge in [-0.2, -0.15) is 11.8 Å². The molecule has 2 fully saturated rings.